The van der Waals surface area contributed by atoms with Gasteiger partial charge in [-0.25, -0.2) is 0 Å². The molecule has 1 aromatic carbocycles. The largest absolute Gasteiger partial charge is 0.493 e. The van der Waals surface area contributed by atoms with Gasteiger partial charge in [-0.3, -0.25) is 9.59 Å². The highest BCUT2D eigenvalue weighted by atomic mass is 16.5. The van der Waals surface area contributed by atoms with Gasteiger partial charge in [0.25, 0.3) is 0 Å². The standard InChI is InChI=1S/C22H34N2O5/c1-15(2)22(27)23-11-17-6-5-9-24(12-17)13-19(26)14-29-20-8-7-18(16(3)25)10-21(20)28-4/h7-8,10,15,17,19,26H,5-6,9,11-14H2,1-4H3,(H,23,27). The number of hydrogen-bond acceptors (Lipinski definition) is 6. The summed E-state index contributed by atoms with van der Waals surface area (Å²) < 4.78 is 11.0. The van der Waals surface area contributed by atoms with Crippen LogP contribution >= 0.6 is 0 Å². The van der Waals surface area contributed by atoms with Gasteiger partial charge in [-0.05, 0) is 50.4 Å². The maximum absolute atomic E-state index is 11.8. The van der Waals surface area contributed by atoms with Crippen LogP contribution in [-0.4, -0.2) is 67.7 Å². The zero-order valence-electron chi connectivity index (χ0n) is 17.9. The third-order valence-electron chi connectivity index (χ3n) is 5.16. The Kier molecular flexibility index (Phi) is 8.92. The van der Waals surface area contributed by atoms with Gasteiger partial charge in [-0.1, -0.05) is 13.8 Å². The summed E-state index contributed by atoms with van der Waals surface area (Å²) in [6, 6.07) is 5.02. The number of nitrogens with one attached hydrogen (secondary N) is 1. The smallest absolute Gasteiger partial charge is 0.222 e. The monoisotopic (exact) mass is 406 g/mol. The van der Waals surface area contributed by atoms with Gasteiger partial charge in [0.1, 0.15) is 12.7 Å². The summed E-state index contributed by atoms with van der Waals surface area (Å²) in [5.41, 5.74) is 0.554. The second kappa shape index (κ2) is 11.2. The number of methoxy groups -OCH3 is 1. The SMILES string of the molecule is COc1cc(C(C)=O)ccc1OCC(O)CN1CCCC(CNC(=O)C(C)C)C1. The number of piperidine rings is 1. The Morgan fingerprint density at radius 1 is 1.31 bits per heavy atom. The molecule has 1 amide bonds. The summed E-state index contributed by atoms with van der Waals surface area (Å²) in [6.07, 6.45) is 1.49. The van der Waals surface area contributed by atoms with Crippen LogP contribution in [0.15, 0.2) is 18.2 Å². The number of aliphatic hydroxyl groups is 1. The Bertz CT molecular complexity index is 692. The van der Waals surface area contributed by atoms with Crippen molar-refractivity contribution in [1.29, 1.82) is 0 Å². The number of β-amino-alcohol motifs (C(OH)–C–C–N with tert-alkyl or cyclic N) is 1. The van der Waals surface area contributed by atoms with E-state index in [1.807, 2.05) is 13.8 Å². The Hall–Kier alpha value is -2.12. The number of Topliss-reactive ketones (excluding diaryl/α,β-unsaturated/α-hetero) is 1. The van der Waals surface area contributed by atoms with E-state index >= 15 is 0 Å². The van der Waals surface area contributed by atoms with Gasteiger partial charge in [-0.15, -0.1) is 0 Å². The summed E-state index contributed by atoms with van der Waals surface area (Å²) in [4.78, 5) is 25.5. The molecule has 0 saturated carbocycles. The van der Waals surface area contributed by atoms with Crippen LogP contribution in [0.4, 0.5) is 0 Å². The molecule has 1 aliphatic rings. The number of carbonyl (C=O) groups is 2. The van der Waals surface area contributed by atoms with Gasteiger partial charge in [0, 0.05) is 31.1 Å². The van der Waals surface area contributed by atoms with E-state index in [-0.39, 0.29) is 24.2 Å². The number of nitrogens with zero attached hydrogens (tertiary/aromatic N) is 1. The molecule has 1 aliphatic heterocycles. The van der Waals surface area contributed by atoms with Crippen molar-refractivity contribution in [3.8, 4) is 11.5 Å². The van der Waals surface area contributed by atoms with Crippen LogP contribution in [0, 0.1) is 11.8 Å². The maximum Gasteiger partial charge on any atom is 0.222 e. The van der Waals surface area contributed by atoms with E-state index in [0.717, 1.165) is 25.9 Å². The topological polar surface area (TPSA) is 88.1 Å². The molecule has 0 spiro atoms. The fourth-order valence-corrected chi connectivity index (χ4v) is 3.48. The Labute approximate surface area is 173 Å². The minimum absolute atomic E-state index is 0.00447. The minimum Gasteiger partial charge on any atom is -0.493 e. The van der Waals surface area contributed by atoms with Crippen molar-refractivity contribution >= 4 is 11.7 Å². The highest BCUT2D eigenvalue weighted by Crippen LogP contribution is 2.28. The van der Waals surface area contributed by atoms with E-state index < -0.39 is 6.10 Å². The molecule has 2 unspecified atom stereocenters. The van der Waals surface area contributed by atoms with E-state index in [0.29, 0.717) is 36.1 Å². The molecular weight excluding hydrogens is 372 g/mol. The molecule has 1 saturated heterocycles. The van der Waals surface area contributed by atoms with Crippen LogP contribution < -0.4 is 14.8 Å². The molecule has 0 bridgehead atoms. The van der Waals surface area contributed by atoms with E-state index in [1.165, 1.54) is 14.0 Å². The fraction of sp³-hybridized carbons (Fsp3) is 0.636. The Morgan fingerprint density at radius 3 is 2.72 bits per heavy atom. The summed E-state index contributed by atoms with van der Waals surface area (Å²) in [5, 5.41) is 13.4. The summed E-state index contributed by atoms with van der Waals surface area (Å²) in [7, 11) is 1.52. The number of benzene rings is 1. The maximum atomic E-state index is 11.8. The fourth-order valence-electron chi connectivity index (χ4n) is 3.48. The van der Waals surface area contributed by atoms with Crippen LogP contribution in [0.25, 0.3) is 0 Å². The minimum atomic E-state index is -0.642. The molecule has 29 heavy (non-hydrogen) atoms. The average molecular weight is 407 g/mol. The number of amides is 1. The van der Waals surface area contributed by atoms with Crippen molar-refractivity contribution in [2.45, 2.75) is 39.7 Å². The van der Waals surface area contributed by atoms with Crippen LogP contribution in [0.5, 0.6) is 11.5 Å². The molecule has 7 heteroatoms. The van der Waals surface area contributed by atoms with Crippen molar-refractivity contribution in [2.75, 3.05) is 39.9 Å². The zero-order chi connectivity index (χ0) is 21.4. The Balaban J connectivity index is 1.80. The quantitative estimate of drug-likeness (QED) is 0.579. The number of aliphatic hydroxyl groups excluding tert-OH is 1. The van der Waals surface area contributed by atoms with Crippen molar-refractivity contribution in [1.82, 2.24) is 10.2 Å². The lowest BCUT2D eigenvalue weighted by molar-refractivity contribution is -0.124. The van der Waals surface area contributed by atoms with Gasteiger partial charge < -0.3 is 24.8 Å². The number of rotatable bonds is 10. The van der Waals surface area contributed by atoms with E-state index in [4.69, 9.17) is 9.47 Å². The molecule has 2 rings (SSSR count). The molecular formula is C22H34N2O5. The van der Waals surface area contributed by atoms with Crippen LogP contribution in [0.2, 0.25) is 0 Å². The van der Waals surface area contributed by atoms with Crippen LogP contribution in [0.1, 0.15) is 44.0 Å². The molecule has 0 aromatic heterocycles. The lowest BCUT2D eigenvalue weighted by Crippen LogP contribution is -2.45. The summed E-state index contributed by atoms with van der Waals surface area (Å²) in [5.74, 6) is 1.42. The number of likely N-dealkylation sites (tertiary alicyclic amines) is 1. The highest BCUT2D eigenvalue weighted by Gasteiger charge is 2.23. The van der Waals surface area contributed by atoms with Crippen LogP contribution in [-0.2, 0) is 4.79 Å². The van der Waals surface area contributed by atoms with E-state index in [2.05, 4.69) is 10.2 Å². The second-order valence-corrected chi connectivity index (χ2v) is 8.05. The summed E-state index contributed by atoms with van der Waals surface area (Å²) >= 11 is 0. The Morgan fingerprint density at radius 2 is 2.07 bits per heavy atom. The highest BCUT2D eigenvalue weighted by molar-refractivity contribution is 5.94. The average Bonchev–Trinajstić information content (AvgIpc) is 2.70. The molecule has 162 valence electrons. The summed E-state index contributed by atoms with van der Waals surface area (Å²) in [6.45, 7) is 8.40. The van der Waals surface area contributed by atoms with Gasteiger partial charge in [0.15, 0.2) is 17.3 Å². The molecule has 0 aliphatic carbocycles. The first-order valence-corrected chi connectivity index (χ1v) is 10.3. The number of carbonyl (C=O) groups excluding carboxylic acids is 2. The molecule has 1 heterocycles. The van der Waals surface area contributed by atoms with Crippen LogP contribution in [0.3, 0.4) is 0 Å². The van der Waals surface area contributed by atoms with Gasteiger partial charge in [-0.2, -0.15) is 0 Å². The molecule has 1 fully saturated rings. The molecule has 2 N–H and O–H groups in total. The molecule has 1 aromatic rings. The van der Waals surface area contributed by atoms with E-state index in [9.17, 15) is 14.7 Å². The molecule has 7 nitrogen and oxygen atoms in total. The molecule has 2 atom stereocenters. The third-order valence-corrected chi connectivity index (χ3v) is 5.16. The third kappa shape index (κ3) is 7.33. The van der Waals surface area contributed by atoms with Crippen molar-refractivity contribution in [3.05, 3.63) is 23.8 Å². The van der Waals surface area contributed by atoms with Gasteiger partial charge >= 0.3 is 0 Å². The first kappa shape index (κ1) is 23.2. The number of ketones is 1. The second-order valence-electron chi connectivity index (χ2n) is 8.05. The molecule has 0 radical (unpaired) electrons. The van der Waals surface area contributed by atoms with E-state index in [1.54, 1.807) is 18.2 Å². The van der Waals surface area contributed by atoms with Crippen molar-refractivity contribution < 1.29 is 24.2 Å². The normalized spacial score (nSPS) is 18.3. The zero-order valence-corrected chi connectivity index (χ0v) is 17.9. The van der Waals surface area contributed by atoms with Crippen molar-refractivity contribution in [3.63, 3.8) is 0 Å². The predicted octanol–water partition coefficient (Wildman–Crippen LogP) is 2.12. The first-order valence-electron chi connectivity index (χ1n) is 10.3. The first-order chi connectivity index (χ1) is 13.8. The predicted molar refractivity (Wildman–Crippen MR) is 112 cm³/mol. The van der Waals surface area contributed by atoms with Gasteiger partial charge in [0.05, 0.1) is 7.11 Å². The van der Waals surface area contributed by atoms with Crippen molar-refractivity contribution in [2.24, 2.45) is 11.8 Å². The lowest BCUT2D eigenvalue weighted by Gasteiger charge is -2.34. The lowest BCUT2D eigenvalue weighted by atomic mass is 9.97. The number of ether oxygens (including phenoxy) is 2. The van der Waals surface area contributed by atoms with Gasteiger partial charge in [0.2, 0.25) is 5.91 Å². The number of hydrogen-bond donors (Lipinski definition) is 2.